The first-order valence-corrected chi connectivity index (χ1v) is 11.7. The van der Waals surface area contributed by atoms with Crippen LogP contribution in [0.15, 0.2) is 48.5 Å². The molecule has 5 rings (SSSR count). The van der Waals surface area contributed by atoms with Gasteiger partial charge in [0.15, 0.2) is 0 Å². The van der Waals surface area contributed by atoms with Gasteiger partial charge in [0.05, 0.1) is 0 Å². The van der Waals surface area contributed by atoms with Crippen LogP contribution in [0.3, 0.4) is 0 Å². The largest absolute Gasteiger partial charge is 0.481 e. The number of alkyl carbamates (subject to hydrolysis) is 1. The summed E-state index contributed by atoms with van der Waals surface area (Å²) in [5, 5.41) is 11.8. The molecule has 2 aromatic rings. The second-order valence-electron chi connectivity index (χ2n) is 9.18. The van der Waals surface area contributed by atoms with Crippen molar-refractivity contribution in [1.29, 1.82) is 0 Å². The van der Waals surface area contributed by atoms with Gasteiger partial charge in [0.1, 0.15) is 12.6 Å². The number of amides is 2. The molecule has 2 amide bonds. The molecule has 2 aliphatic carbocycles. The van der Waals surface area contributed by atoms with E-state index in [0.717, 1.165) is 41.5 Å². The smallest absolute Gasteiger partial charge is 0.407 e. The van der Waals surface area contributed by atoms with Gasteiger partial charge >= 0.3 is 12.1 Å². The molecule has 0 spiro atoms. The first kappa shape index (κ1) is 21.5. The predicted molar refractivity (Wildman–Crippen MR) is 122 cm³/mol. The van der Waals surface area contributed by atoms with Gasteiger partial charge in [0, 0.05) is 24.9 Å². The summed E-state index contributed by atoms with van der Waals surface area (Å²) < 4.78 is 5.58. The molecule has 7 heteroatoms. The molecule has 2 atom stereocenters. The lowest BCUT2D eigenvalue weighted by atomic mass is 9.96. The zero-order chi connectivity index (χ0) is 22.9. The zero-order valence-electron chi connectivity index (χ0n) is 18.4. The Morgan fingerprint density at radius 1 is 1.00 bits per heavy atom. The number of benzene rings is 2. The number of ether oxygens (including phenoxy) is 1. The van der Waals surface area contributed by atoms with Crippen molar-refractivity contribution in [2.24, 2.45) is 5.92 Å². The van der Waals surface area contributed by atoms with Crippen molar-refractivity contribution in [3.63, 3.8) is 0 Å². The van der Waals surface area contributed by atoms with E-state index < -0.39 is 18.1 Å². The van der Waals surface area contributed by atoms with E-state index >= 15 is 0 Å². The van der Waals surface area contributed by atoms with Crippen LogP contribution in [0.5, 0.6) is 0 Å². The van der Waals surface area contributed by atoms with E-state index in [1.165, 1.54) is 0 Å². The molecule has 1 heterocycles. The maximum atomic E-state index is 13.1. The lowest BCUT2D eigenvalue weighted by Gasteiger charge is -2.43. The summed E-state index contributed by atoms with van der Waals surface area (Å²) in [6.07, 6.45) is 2.41. The highest BCUT2D eigenvalue weighted by molar-refractivity contribution is 5.87. The van der Waals surface area contributed by atoms with E-state index in [4.69, 9.17) is 9.84 Å². The zero-order valence-corrected chi connectivity index (χ0v) is 18.4. The molecule has 0 radical (unpaired) electrons. The standard InChI is InChI=1S/C26H28N2O5/c29-24(30)12-11-22(25(31)28-14-13-23(28)16-9-10-16)27-26(32)33-15-21-19-7-3-1-5-17(19)18-6-2-4-8-20(18)21/h1-8,16,21-23H,9-15H2,(H,27,32)(H,29,30). The van der Waals surface area contributed by atoms with E-state index in [1.54, 1.807) is 4.90 Å². The van der Waals surface area contributed by atoms with Crippen LogP contribution in [-0.4, -0.2) is 53.2 Å². The minimum atomic E-state index is -0.996. The van der Waals surface area contributed by atoms with Gasteiger partial charge in [-0.3, -0.25) is 9.59 Å². The van der Waals surface area contributed by atoms with Gasteiger partial charge in [0.2, 0.25) is 5.91 Å². The molecule has 172 valence electrons. The molecule has 1 saturated carbocycles. The lowest BCUT2D eigenvalue weighted by molar-refractivity contribution is -0.142. The van der Waals surface area contributed by atoms with E-state index in [2.05, 4.69) is 17.4 Å². The van der Waals surface area contributed by atoms with Crippen molar-refractivity contribution < 1.29 is 24.2 Å². The number of nitrogens with one attached hydrogen (secondary N) is 1. The van der Waals surface area contributed by atoms with Crippen molar-refractivity contribution >= 4 is 18.0 Å². The minimum Gasteiger partial charge on any atom is -0.481 e. The number of rotatable bonds is 8. The third-order valence-electron chi connectivity index (χ3n) is 7.10. The lowest BCUT2D eigenvalue weighted by Crippen LogP contribution is -2.58. The highest BCUT2D eigenvalue weighted by Gasteiger charge is 2.44. The normalized spacial score (nSPS) is 19.8. The van der Waals surface area contributed by atoms with Gasteiger partial charge in [-0.05, 0) is 53.9 Å². The van der Waals surface area contributed by atoms with E-state index in [9.17, 15) is 14.4 Å². The molecule has 2 unspecified atom stereocenters. The SMILES string of the molecule is O=C(O)CCC(NC(=O)OCC1c2ccccc2-c2ccccc21)C(=O)N1CCC1C1CC1. The Morgan fingerprint density at radius 2 is 1.64 bits per heavy atom. The maximum absolute atomic E-state index is 13.1. The number of hydrogen-bond acceptors (Lipinski definition) is 4. The fraction of sp³-hybridized carbons (Fsp3) is 0.423. The predicted octanol–water partition coefficient (Wildman–Crippen LogP) is 3.77. The van der Waals surface area contributed by atoms with Crippen LogP contribution in [-0.2, 0) is 14.3 Å². The molecule has 2 N–H and O–H groups in total. The average Bonchev–Trinajstić information content (AvgIpc) is 3.55. The number of carboxylic acid groups (broad SMARTS) is 1. The summed E-state index contributed by atoms with van der Waals surface area (Å²) in [4.78, 5) is 38.7. The van der Waals surface area contributed by atoms with Crippen LogP contribution in [0.2, 0.25) is 0 Å². The third-order valence-corrected chi connectivity index (χ3v) is 7.10. The highest BCUT2D eigenvalue weighted by Crippen LogP contribution is 2.44. The summed E-state index contributed by atoms with van der Waals surface area (Å²) in [5.41, 5.74) is 4.50. The number of hydrogen-bond donors (Lipinski definition) is 2. The summed E-state index contributed by atoms with van der Waals surface area (Å²) in [6.45, 7) is 0.810. The van der Waals surface area contributed by atoms with Crippen molar-refractivity contribution in [2.45, 2.75) is 50.1 Å². The van der Waals surface area contributed by atoms with Crippen molar-refractivity contribution in [2.75, 3.05) is 13.2 Å². The van der Waals surface area contributed by atoms with Crippen LogP contribution in [0.25, 0.3) is 11.1 Å². The Kier molecular flexibility index (Phi) is 5.79. The molecule has 3 aliphatic rings. The molecule has 1 saturated heterocycles. The number of carbonyl (C=O) groups excluding carboxylic acids is 2. The van der Waals surface area contributed by atoms with Gasteiger partial charge in [-0.1, -0.05) is 48.5 Å². The molecule has 2 aromatic carbocycles. The second kappa shape index (κ2) is 8.89. The molecule has 7 nitrogen and oxygen atoms in total. The number of carboxylic acids is 1. The summed E-state index contributed by atoms with van der Waals surface area (Å²) >= 11 is 0. The number of likely N-dealkylation sites (tertiary alicyclic amines) is 1. The first-order valence-electron chi connectivity index (χ1n) is 11.7. The molecule has 0 bridgehead atoms. The fourth-order valence-corrected chi connectivity index (χ4v) is 5.16. The molecule has 33 heavy (non-hydrogen) atoms. The van der Waals surface area contributed by atoms with Crippen molar-refractivity contribution in [1.82, 2.24) is 10.2 Å². The van der Waals surface area contributed by atoms with Gasteiger partial charge in [-0.2, -0.15) is 0 Å². The number of fused-ring (bicyclic) bond motifs is 3. The number of aliphatic carboxylic acids is 1. The molecular weight excluding hydrogens is 420 g/mol. The van der Waals surface area contributed by atoms with E-state index in [-0.39, 0.29) is 37.3 Å². The van der Waals surface area contributed by atoms with Gasteiger partial charge in [0.25, 0.3) is 0 Å². The van der Waals surface area contributed by atoms with Crippen LogP contribution in [0, 0.1) is 5.92 Å². The average molecular weight is 449 g/mol. The van der Waals surface area contributed by atoms with Crippen LogP contribution >= 0.6 is 0 Å². The van der Waals surface area contributed by atoms with Gasteiger partial charge in [-0.15, -0.1) is 0 Å². The quantitative estimate of drug-likeness (QED) is 0.641. The third kappa shape index (κ3) is 4.32. The summed E-state index contributed by atoms with van der Waals surface area (Å²) in [7, 11) is 0. The van der Waals surface area contributed by atoms with Crippen LogP contribution < -0.4 is 5.32 Å². The van der Waals surface area contributed by atoms with E-state index in [0.29, 0.717) is 12.5 Å². The summed E-state index contributed by atoms with van der Waals surface area (Å²) in [5.74, 6) is -0.722. The number of carbonyl (C=O) groups is 3. The second-order valence-corrected chi connectivity index (χ2v) is 9.18. The Hall–Kier alpha value is -3.35. The van der Waals surface area contributed by atoms with Crippen molar-refractivity contribution in [3.8, 4) is 11.1 Å². The molecular formula is C26H28N2O5. The Labute approximate surface area is 192 Å². The molecule has 0 aromatic heterocycles. The van der Waals surface area contributed by atoms with Crippen LogP contribution in [0.4, 0.5) is 4.79 Å². The Morgan fingerprint density at radius 3 is 2.18 bits per heavy atom. The highest BCUT2D eigenvalue weighted by atomic mass is 16.5. The van der Waals surface area contributed by atoms with Crippen LogP contribution in [0.1, 0.15) is 49.1 Å². The summed E-state index contributed by atoms with van der Waals surface area (Å²) in [6, 6.07) is 15.5. The maximum Gasteiger partial charge on any atom is 0.407 e. The Balaban J connectivity index is 1.24. The molecule has 2 fully saturated rings. The minimum absolute atomic E-state index is 0.0479. The number of nitrogens with zero attached hydrogens (tertiary/aromatic N) is 1. The van der Waals surface area contributed by atoms with Crippen molar-refractivity contribution in [3.05, 3.63) is 59.7 Å². The topological polar surface area (TPSA) is 95.9 Å². The van der Waals surface area contributed by atoms with E-state index in [1.807, 2.05) is 36.4 Å². The first-order chi connectivity index (χ1) is 16.0. The van der Waals surface area contributed by atoms with Gasteiger partial charge < -0.3 is 20.1 Å². The fourth-order valence-electron chi connectivity index (χ4n) is 5.16. The Bertz CT molecular complexity index is 1030. The van der Waals surface area contributed by atoms with Gasteiger partial charge in [-0.25, -0.2) is 4.79 Å². The molecule has 1 aliphatic heterocycles. The monoisotopic (exact) mass is 448 g/mol.